The molecule has 110 valence electrons. The summed E-state index contributed by atoms with van der Waals surface area (Å²) >= 11 is 0. The Balaban J connectivity index is 4.96. The monoisotopic (exact) mass is 272 g/mol. The molecule has 0 radical (unpaired) electrons. The van der Waals surface area contributed by atoms with Crippen molar-refractivity contribution < 1.29 is 14.8 Å². The van der Waals surface area contributed by atoms with Gasteiger partial charge in [0, 0.05) is 13.6 Å². The van der Waals surface area contributed by atoms with E-state index in [2.05, 4.69) is 10.5 Å². The maximum absolute atomic E-state index is 12.3. The number of amidine groups is 1. The molecule has 1 atom stereocenters. The Bertz CT molecular complexity index is 331. The number of hydrogen-bond acceptors (Lipinski definition) is 4. The third-order valence-corrected chi connectivity index (χ3v) is 2.77. The summed E-state index contributed by atoms with van der Waals surface area (Å²) in [6.45, 7) is 4.28. The maximum Gasteiger partial charge on any atom is 0.239 e. The smallest absolute Gasteiger partial charge is 0.239 e. The standard InChI is InChI=1S/C12H24N4O3/c1-4-6-9(11(13)15-19)12(18)16(7-5-2)8-10(17)14-3/h9,19H,4-8H2,1-3H3,(H2,13,15)(H,14,17). The Morgan fingerprint density at radius 3 is 2.42 bits per heavy atom. The van der Waals surface area contributed by atoms with Gasteiger partial charge in [0.05, 0.1) is 12.5 Å². The first-order valence-corrected chi connectivity index (χ1v) is 6.48. The Morgan fingerprint density at radius 2 is 2.00 bits per heavy atom. The van der Waals surface area contributed by atoms with Crippen LogP contribution in [-0.4, -0.2) is 47.9 Å². The summed E-state index contributed by atoms with van der Waals surface area (Å²) in [4.78, 5) is 25.2. The molecule has 0 aromatic heterocycles. The number of rotatable bonds is 8. The molecule has 1 unspecified atom stereocenters. The number of likely N-dealkylation sites (N-methyl/N-ethyl adjacent to an activating group) is 1. The molecule has 7 nitrogen and oxygen atoms in total. The van der Waals surface area contributed by atoms with E-state index in [0.717, 1.165) is 12.8 Å². The van der Waals surface area contributed by atoms with Gasteiger partial charge in [-0.05, 0) is 12.8 Å². The van der Waals surface area contributed by atoms with Gasteiger partial charge < -0.3 is 21.2 Å². The molecule has 0 spiro atoms. The van der Waals surface area contributed by atoms with Crippen molar-refractivity contribution in [3.63, 3.8) is 0 Å². The van der Waals surface area contributed by atoms with Crippen molar-refractivity contribution in [3.8, 4) is 0 Å². The average molecular weight is 272 g/mol. The molecule has 0 fully saturated rings. The van der Waals surface area contributed by atoms with Crippen LogP contribution in [0.25, 0.3) is 0 Å². The van der Waals surface area contributed by atoms with Crippen molar-refractivity contribution in [1.82, 2.24) is 10.2 Å². The topological polar surface area (TPSA) is 108 Å². The second-order valence-corrected chi connectivity index (χ2v) is 4.30. The number of carbonyl (C=O) groups is 2. The minimum atomic E-state index is -0.675. The molecule has 0 aliphatic rings. The number of oxime groups is 1. The zero-order chi connectivity index (χ0) is 14.8. The fraction of sp³-hybridized carbons (Fsp3) is 0.750. The lowest BCUT2D eigenvalue weighted by atomic mass is 10.0. The summed E-state index contributed by atoms with van der Waals surface area (Å²) in [6.07, 6.45) is 1.95. The molecule has 0 saturated heterocycles. The van der Waals surface area contributed by atoms with Crippen LogP contribution in [0.2, 0.25) is 0 Å². The van der Waals surface area contributed by atoms with Crippen LogP contribution in [0.1, 0.15) is 33.1 Å². The van der Waals surface area contributed by atoms with Crippen LogP contribution in [-0.2, 0) is 9.59 Å². The highest BCUT2D eigenvalue weighted by Crippen LogP contribution is 2.11. The fourth-order valence-electron chi connectivity index (χ4n) is 1.77. The van der Waals surface area contributed by atoms with Crippen LogP contribution < -0.4 is 11.1 Å². The molecular weight excluding hydrogens is 248 g/mol. The predicted octanol–water partition coefficient (Wildman–Crippen LogP) is 0.134. The van der Waals surface area contributed by atoms with Crippen molar-refractivity contribution in [3.05, 3.63) is 0 Å². The van der Waals surface area contributed by atoms with Gasteiger partial charge in [-0.15, -0.1) is 0 Å². The molecule has 4 N–H and O–H groups in total. The largest absolute Gasteiger partial charge is 0.409 e. The van der Waals surface area contributed by atoms with Crippen LogP contribution >= 0.6 is 0 Å². The minimum absolute atomic E-state index is 0.0118. The molecular formula is C12H24N4O3. The van der Waals surface area contributed by atoms with Gasteiger partial charge in [-0.25, -0.2) is 0 Å². The quantitative estimate of drug-likeness (QED) is 0.253. The average Bonchev–Trinajstić information content (AvgIpc) is 2.42. The van der Waals surface area contributed by atoms with E-state index in [1.54, 1.807) is 0 Å². The lowest BCUT2D eigenvalue weighted by Gasteiger charge is -2.25. The Hall–Kier alpha value is -1.79. The second kappa shape index (κ2) is 9.18. The first kappa shape index (κ1) is 17.2. The number of nitrogens with one attached hydrogen (secondary N) is 1. The first-order valence-electron chi connectivity index (χ1n) is 6.48. The third kappa shape index (κ3) is 5.58. The van der Waals surface area contributed by atoms with E-state index in [4.69, 9.17) is 10.9 Å². The van der Waals surface area contributed by atoms with Crippen molar-refractivity contribution in [1.29, 1.82) is 0 Å². The van der Waals surface area contributed by atoms with E-state index in [9.17, 15) is 9.59 Å². The number of hydrogen-bond donors (Lipinski definition) is 3. The summed E-state index contributed by atoms with van der Waals surface area (Å²) in [6, 6.07) is 0. The minimum Gasteiger partial charge on any atom is -0.409 e. The summed E-state index contributed by atoms with van der Waals surface area (Å²) < 4.78 is 0. The molecule has 19 heavy (non-hydrogen) atoms. The van der Waals surface area contributed by atoms with Crippen LogP contribution in [0.5, 0.6) is 0 Å². The van der Waals surface area contributed by atoms with Gasteiger partial charge in [0.1, 0.15) is 0 Å². The van der Waals surface area contributed by atoms with E-state index in [1.165, 1.54) is 11.9 Å². The molecule has 0 saturated carbocycles. The summed E-state index contributed by atoms with van der Waals surface area (Å²) in [5.74, 6) is -1.30. The molecule has 0 aliphatic heterocycles. The summed E-state index contributed by atoms with van der Waals surface area (Å²) in [7, 11) is 1.52. The van der Waals surface area contributed by atoms with Crippen LogP contribution in [0.15, 0.2) is 5.16 Å². The predicted molar refractivity (Wildman–Crippen MR) is 72.7 cm³/mol. The molecule has 0 rings (SSSR count). The number of amides is 2. The molecule has 0 aromatic rings. The molecule has 0 aliphatic carbocycles. The van der Waals surface area contributed by atoms with E-state index < -0.39 is 5.92 Å². The molecule has 0 aromatic carbocycles. The Morgan fingerprint density at radius 1 is 1.37 bits per heavy atom. The van der Waals surface area contributed by atoms with Gasteiger partial charge in [0.2, 0.25) is 11.8 Å². The molecule has 0 heterocycles. The van der Waals surface area contributed by atoms with Gasteiger partial charge in [-0.1, -0.05) is 25.4 Å². The highest BCUT2D eigenvalue weighted by molar-refractivity contribution is 6.02. The zero-order valence-corrected chi connectivity index (χ0v) is 11.8. The van der Waals surface area contributed by atoms with Crippen molar-refractivity contribution in [2.45, 2.75) is 33.1 Å². The lowest BCUT2D eigenvalue weighted by Crippen LogP contribution is -2.46. The third-order valence-electron chi connectivity index (χ3n) is 2.77. The van der Waals surface area contributed by atoms with Crippen molar-refractivity contribution >= 4 is 17.6 Å². The zero-order valence-electron chi connectivity index (χ0n) is 11.8. The fourth-order valence-corrected chi connectivity index (χ4v) is 1.77. The van der Waals surface area contributed by atoms with Crippen LogP contribution in [0, 0.1) is 5.92 Å². The van der Waals surface area contributed by atoms with E-state index >= 15 is 0 Å². The molecule has 2 amide bonds. The number of nitrogens with two attached hydrogens (primary N) is 1. The Labute approximate surface area is 113 Å². The maximum atomic E-state index is 12.3. The highest BCUT2D eigenvalue weighted by Gasteiger charge is 2.27. The Kier molecular flexibility index (Phi) is 8.32. The first-order chi connectivity index (χ1) is 9.01. The summed E-state index contributed by atoms with van der Waals surface area (Å²) in [5.41, 5.74) is 5.55. The van der Waals surface area contributed by atoms with Crippen molar-refractivity contribution in [2.24, 2.45) is 16.8 Å². The highest BCUT2D eigenvalue weighted by atomic mass is 16.4. The normalized spacial score (nSPS) is 12.9. The van der Waals surface area contributed by atoms with E-state index in [1.807, 2.05) is 13.8 Å². The van der Waals surface area contributed by atoms with Gasteiger partial charge in [-0.2, -0.15) is 0 Å². The SMILES string of the molecule is CCCC(C(=O)N(CCC)CC(=O)NC)C(N)=NO. The lowest BCUT2D eigenvalue weighted by molar-refractivity contribution is -0.137. The number of carbonyl (C=O) groups excluding carboxylic acids is 2. The summed E-state index contributed by atoms with van der Waals surface area (Å²) in [5, 5.41) is 14.1. The van der Waals surface area contributed by atoms with Crippen molar-refractivity contribution in [2.75, 3.05) is 20.1 Å². The van der Waals surface area contributed by atoms with Gasteiger partial charge in [0.15, 0.2) is 5.84 Å². The van der Waals surface area contributed by atoms with Gasteiger partial charge in [-0.3, -0.25) is 9.59 Å². The van der Waals surface area contributed by atoms with Gasteiger partial charge in [0.25, 0.3) is 0 Å². The van der Waals surface area contributed by atoms with E-state index in [0.29, 0.717) is 13.0 Å². The van der Waals surface area contributed by atoms with Crippen LogP contribution in [0.3, 0.4) is 0 Å². The molecule has 7 heteroatoms. The van der Waals surface area contributed by atoms with Crippen LogP contribution in [0.4, 0.5) is 0 Å². The number of nitrogens with zero attached hydrogens (tertiary/aromatic N) is 2. The van der Waals surface area contributed by atoms with E-state index in [-0.39, 0.29) is 24.2 Å². The second-order valence-electron chi connectivity index (χ2n) is 4.30. The molecule has 0 bridgehead atoms. The van der Waals surface area contributed by atoms with Gasteiger partial charge >= 0.3 is 0 Å².